The third-order valence-corrected chi connectivity index (χ3v) is 8.62. The van der Waals surface area contributed by atoms with Crippen molar-refractivity contribution in [2.75, 3.05) is 13.1 Å². The van der Waals surface area contributed by atoms with Crippen LogP contribution in [0.2, 0.25) is 0 Å². The Bertz CT molecular complexity index is 1610. The molecule has 9 nitrogen and oxygen atoms in total. The number of carbonyl (C=O) groups excluding carboxylic acids is 1. The Hall–Kier alpha value is -3.34. The van der Waals surface area contributed by atoms with Gasteiger partial charge in [0.1, 0.15) is 5.75 Å². The van der Waals surface area contributed by atoms with Crippen LogP contribution in [0.1, 0.15) is 32.3 Å². The molecule has 0 aliphatic carbocycles. The summed E-state index contributed by atoms with van der Waals surface area (Å²) in [5.41, 5.74) is 5.43. The lowest BCUT2D eigenvalue weighted by atomic mass is 9.99. The van der Waals surface area contributed by atoms with Crippen LogP contribution in [0.4, 0.5) is 22.0 Å². The van der Waals surface area contributed by atoms with Gasteiger partial charge in [-0.2, -0.15) is 26.7 Å². The molecule has 1 atom stereocenters. The van der Waals surface area contributed by atoms with Crippen LogP contribution in [0, 0.1) is 0 Å². The van der Waals surface area contributed by atoms with Crippen LogP contribution in [-0.4, -0.2) is 67.8 Å². The van der Waals surface area contributed by atoms with Crippen LogP contribution in [-0.2, 0) is 25.5 Å². The molecule has 0 saturated carbocycles. The molecule has 246 valence electrons. The number of alkyl halides is 5. The summed E-state index contributed by atoms with van der Waals surface area (Å²) >= 11 is 3.21. The molecule has 1 aliphatic rings. The smallest absolute Gasteiger partial charge is 0.490 e. The SMILES string of the molecule is CC(C)Oc1ccc2cc(S(=O)(=O)NC(C(=O)N3CCC(N)CC3)C(F)(F)c3ccc(Br)cc3)ccc2c1.O=C(O)C(F)(F)F. The van der Waals surface area contributed by atoms with Gasteiger partial charge in [-0.05, 0) is 73.9 Å². The lowest BCUT2D eigenvalue weighted by molar-refractivity contribution is -0.192. The van der Waals surface area contributed by atoms with E-state index in [2.05, 4.69) is 15.9 Å². The number of carboxylic acid groups (broad SMARTS) is 1. The number of ether oxygens (including phenoxy) is 1. The highest BCUT2D eigenvalue weighted by Gasteiger charge is 2.50. The summed E-state index contributed by atoms with van der Waals surface area (Å²) < 4.78 is 98.5. The van der Waals surface area contributed by atoms with E-state index >= 15 is 8.78 Å². The van der Waals surface area contributed by atoms with E-state index in [1.165, 1.54) is 29.2 Å². The van der Waals surface area contributed by atoms with Crippen LogP contribution in [0.15, 0.2) is 70.0 Å². The summed E-state index contributed by atoms with van der Waals surface area (Å²) in [7, 11) is -4.52. The number of carbonyl (C=O) groups is 2. The van der Waals surface area contributed by atoms with E-state index in [0.717, 1.165) is 17.5 Å². The van der Waals surface area contributed by atoms with Gasteiger partial charge in [0.15, 0.2) is 6.04 Å². The Morgan fingerprint density at radius 3 is 2.04 bits per heavy atom. The first-order chi connectivity index (χ1) is 20.8. The highest BCUT2D eigenvalue weighted by atomic mass is 79.9. The second-order valence-corrected chi connectivity index (χ2v) is 13.1. The minimum atomic E-state index is -5.08. The van der Waals surface area contributed by atoms with Gasteiger partial charge >= 0.3 is 12.1 Å². The molecular weight excluding hydrogens is 693 g/mol. The van der Waals surface area contributed by atoms with E-state index in [1.807, 2.05) is 18.6 Å². The first-order valence-electron chi connectivity index (χ1n) is 13.5. The number of sulfonamides is 1. The van der Waals surface area contributed by atoms with Crippen molar-refractivity contribution in [3.05, 3.63) is 70.7 Å². The molecule has 1 fully saturated rings. The Labute approximate surface area is 264 Å². The van der Waals surface area contributed by atoms with Gasteiger partial charge < -0.3 is 20.5 Å². The van der Waals surface area contributed by atoms with Crippen molar-refractivity contribution < 1.29 is 49.8 Å². The molecule has 0 radical (unpaired) electrons. The van der Waals surface area contributed by atoms with Crippen molar-refractivity contribution in [3.8, 4) is 5.75 Å². The zero-order valence-electron chi connectivity index (χ0n) is 24.0. The predicted octanol–water partition coefficient (Wildman–Crippen LogP) is 5.41. The van der Waals surface area contributed by atoms with Crippen molar-refractivity contribution in [2.24, 2.45) is 5.73 Å². The van der Waals surface area contributed by atoms with Crippen LogP contribution in [0.5, 0.6) is 5.75 Å². The van der Waals surface area contributed by atoms with Crippen LogP contribution in [0.25, 0.3) is 10.8 Å². The van der Waals surface area contributed by atoms with E-state index in [9.17, 15) is 26.4 Å². The topological polar surface area (TPSA) is 139 Å². The molecule has 16 heteroatoms. The number of likely N-dealkylation sites (tertiary alicyclic amines) is 1. The second kappa shape index (κ2) is 14.4. The molecule has 3 aromatic carbocycles. The van der Waals surface area contributed by atoms with Crippen LogP contribution >= 0.6 is 15.9 Å². The maximum absolute atomic E-state index is 15.9. The van der Waals surface area contributed by atoms with E-state index in [4.69, 9.17) is 20.4 Å². The minimum absolute atomic E-state index is 0.0335. The molecule has 1 unspecified atom stereocenters. The first-order valence-corrected chi connectivity index (χ1v) is 15.8. The van der Waals surface area contributed by atoms with Crippen LogP contribution in [0.3, 0.4) is 0 Å². The molecule has 4 rings (SSSR count). The summed E-state index contributed by atoms with van der Waals surface area (Å²) in [6.45, 7) is 4.13. The van der Waals surface area contributed by atoms with Crippen LogP contribution < -0.4 is 15.2 Å². The first kappa shape index (κ1) is 36.1. The fourth-order valence-corrected chi connectivity index (χ4v) is 5.85. The van der Waals surface area contributed by atoms with E-state index in [0.29, 0.717) is 28.5 Å². The molecule has 0 spiro atoms. The Kier molecular flexibility index (Phi) is 11.6. The molecule has 1 aliphatic heterocycles. The highest BCUT2D eigenvalue weighted by Crippen LogP contribution is 2.35. The number of hydrogen-bond donors (Lipinski definition) is 3. The quantitative estimate of drug-likeness (QED) is 0.264. The standard InChI is InChI=1S/C27H30BrF2N3O4S.C2HF3O2/c1-17(2)37-23-9-3-19-16-24(10-4-18(19)15-23)38(35,36)32-25(26(34)33-13-11-22(31)12-14-33)27(29,30)20-5-7-21(28)8-6-20;3-2(4,5)1(6)7/h3-10,15-17,22,25,32H,11-14,31H2,1-2H3;(H,6,7). The van der Waals surface area contributed by atoms with Gasteiger partial charge in [0, 0.05) is 29.2 Å². The lowest BCUT2D eigenvalue weighted by Crippen LogP contribution is -2.57. The number of nitrogens with two attached hydrogens (primary N) is 1. The summed E-state index contributed by atoms with van der Waals surface area (Å²) in [5.74, 6) is -6.95. The number of halogens is 6. The summed E-state index contributed by atoms with van der Waals surface area (Å²) in [5, 5.41) is 8.43. The maximum Gasteiger partial charge on any atom is 0.490 e. The number of rotatable bonds is 8. The van der Waals surface area contributed by atoms with E-state index in [-0.39, 0.29) is 30.1 Å². The largest absolute Gasteiger partial charge is 0.491 e. The molecule has 4 N–H and O–H groups in total. The normalized spacial score (nSPS) is 15.4. The number of aliphatic carboxylic acids is 1. The maximum atomic E-state index is 15.9. The molecule has 0 aromatic heterocycles. The third-order valence-electron chi connectivity index (χ3n) is 6.67. The van der Waals surface area contributed by atoms with Gasteiger partial charge in [-0.1, -0.05) is 40.2 Å². The number of fused-ring (bicyclic) bond motifs is 1. The monoisotopic (exact) mass is 723 g/mol. The minimum Gasteiger partial charge on any atom is -0.491 e. The zero-order chi connectivity index (χ0) is 33.7. The number of nitrogens with one attached hydrogen (secondary N) is 1. The second-order valence-electron chi connectivity index (χ2n) is 10.5. The van der Waals surface area contributed by atoms with Gasteiger partial charge in [-0.3, -0.25) is 4.79 Å². The number of piperidine rings is 1. The van der Waals surface area contributed by atoms with Gasteiger partial charge in [-0.15, -0.1) is 0 Å². The van der Waals surface area contributed by atoms with E-state index < -0.39 is 45.6 Å². The van der Waals surface area contributed by atoms with Crippen molar-refractivity contribution >= 4 is 48.6 Å². The van der Waals surface area contributed by atoms with Crippen molar-refractivity contribution in [3.63, 3.8) is 0 Å². The highest BCUT2D eigenvalue weighted by molar-refractivity contribution is 9.10. The molecule has 1 amide bonds. The van der Waals surface area contributed by atoms with Crippen molar-refractivity contribution in [1.82, 2.24) is 9.62 Å². The summed E-state index contributed by atoms with van der Waals surface area (Å²) in [4.78, 5) is 23.3. The van der Waals surface area contributed by atoms with Gasteiger partial charge in [0.05, 0.1) is 11.0 Å². The fourth-order valence-electron chi connectivity index (χ4n) is 4.36. The van der Waals surface area contributed by atoms with Crippen molar-refractivity contribution in [1.29, 1.82) is 0 Å². The van der Waals surface area contributed by atoms with Gasteiger partial charge in [0.25, 0.3) is 5.92 Å². The number of carboxylic acids is 1. The van der Waals surface area contributed by atoms with E-state index in [1.54, 1.807) is 24.3 Å². The predicted molar refractivity (Wildman–Crippen MR) is 159 cm³/mol. The number of hydrogen-bond acceptors (Lipinski definition) is 6. The molecular formula is C29H31BrF5N3O6S. The summed E-state index contributed by atoms with van der Waals surface area (Å²) in [6.07, 6.45) is -4.22. The van der Waals surface area contributed by atoms with Gasteiger partial charge in [-0.25, -0.2) is 13.2 Å². The molecule has 3 aromatic rings. The average Bonchev–Trinajstić information content (AvgIpc) is 2.95. The Balaban J connectivity index is 0.000000707. The number of nitrogens with zero attached hydrogens (tertiary/aromatic N) is 1. The third kappa shape index (κ3) is 9.58. The Morgan fingerprint density at radius 1 is 0.978 bits per heavy atom. The van der Waals surface area contributed by atoms with Gasteiger partial charge in [0.2, 0.25) is 15.9 Å². The lowest BCUT2D eigenvalue weighted by Gasteiger charge is -2.35. The molecule has 1 heterocycles. The number of benzene rings is 3. The molecule has 1 saturated heterocycles. The molecule has 0 bridgehead atoms. The van der Waals surface area contributed by atoms with Crippen molar-refractivity contribution in [2.45, 2.75) is 61.9 Å². The number of amides is 1. The fraction of sp³-hybridized carbons (Fsp3) is 0.379. The molecule has 45 heavy (non-hydrogen) atoms. The Morgan fingerprint density at radius 2 is 1.51 bits per heavy atom. The zero-order valence-corrected chi connectivity index (χ0v) is 26.4. The summed E-state index contributed by atoms with van der Waals surface area (Å²) in [6, 6.07) is 12.1. The average molecular weight is 725 g/mol.